The van der Waals surface area contributed by atoms with E-state index in [1.54, 1.807) is 23.5 Å². The molecule has 2 heterocycles. The van der Waals surface area contributed by atoms with Gasteiger partial charge in [0.05, 0.1) is 13.1 Å². The largest absolute Gasteiger partial charge is 0.306 e. The summed E-state index contributed by atoms with van der Waals surface area (Å²) >= 11 is 6.76. The minimum Gasteiger partial charge on any atom is -0.306 e. The molecule has 3 nitrogen and oxygen atoms in total. The lowest BCUT2D eigenvalue weighted by Crippen LogP contribution is -2.38. The molecule has 0 radical (unpaired) electrons. The smallest absolute Gasteiger partial charge is 0.250 e. The molecule has 0 saturated heterocycles. The van der Waals surface area contributed by atoms with E-state index in [1.165, 1.54) is 0 Å². The van der Waals surface area contributed by atoms with Crippen molar-refractivity contribution in [2.45, 2.75) is 11.3 Å². The van der Waals surface area contributed by atoms with Crippen molar-refractivity contribution in [3.8, 4) is 0 Å². The van der Waals surface area contributed by atoms with Crippen molar-refractivity contribution in [1.82, 2.24) is 0 Å². The van der Waals surface area contributed by atoms with Gasteiger partial charge in [-0.25, -0.2) is 0 Å². The summed E-state index contributed by atoms with van der Waals surface area (Å²) in [5.41, 5.74) is 3.19. The Kier molecular flexibility index (Phi) is 4.22. The quantitative estimate of drug-likeness (QED) is 0.710. The standard InChI is InChI=1S/C18H15BrN2OS2/c1-23-17-20-11-18(24-17)14-9-13(19)7-8-15(14)21(16(18)22)10-12-5-3-2-4-6-12/h2-9H,10-11H2,1H3. The molecule has 0 fully saturated rings. The molecule has 1 unspecified atom stereocenters. The number of amides is 1. The number of carbonyl (C=O) groups excluding carboxylic acids is 1. The number of carbonyl (C=O) groups is 1. The Balaban J connectivity index is 1.77. The first-order valence-corrected chi connectivity index (χ1v) is 10.4. The van der Waals surface area contributed by atoms with Crippen LogP contribution in [0.5, 0.6) is 0 Å². The number of halogens is 1. The average molecular weight is 419 g/mol. The highest BCUT2D eigenvalue weighted by Crippen LogP contribution is 2.54. The van der Waals surface area contributed by atoms with E-state index in [0.29, 0.717) is 13.1 Å². The number of rotatable bonds is 2. The maximum Gasteiger partial charge on any atom is 0.250 e. The minimum atomic E-state index is -0.605. The molecular weight excluding hydrogens is 404 g/mol. The summed E-state index contributed by atoms with van der Waals surface area (Å²) in [4.78, 5) is 19.9. The van der Waals surface area contributed by atoms with E-state index in [4.69, 9.17) is 0 Å². The average Bonchev–Trinajstić information content (AvgIpc) is 3.13. The Bertz CT molecular complexity index is 840. The van der Waals surface area contributed by atoms with Gasteiger partial charge in [0.25, 0.3) is 5.91 Å². The Hall–Kier alpha value is -1.24. The van der Waals surface area contributed by atoms with Gasteiger partial charge in [-0.1, -0.05) is 58.0 Å². The molecule has 6 heteroatoms. The summed E-state index contributed by atoms with van der Waals surface area (Å²) in [7, 11) is 0. The van der Waals surface area contributed by atoms with E-state index in [2.05, 4.69) is 39.1 Å². The van der Waals surface area contributed by atoms with Crippen LogP contribution in [-0.4, -0.2) is 23.1 Å². The van der Waals surface area contributed by atoms with E-state index in [9.17, 15) is 4.79 Å². The molecule has 0 aromatic heterocycles. The second-order valence-corrected chi connectivity index (χ2v) is 9.01. The number of anilines is 1. The van der Waals surface area contributed by atoms with Crippen molar-refractivity contribution in [2.24, 2.45) is 4.99 Å². The van der Waals surface area contributed by atoms with Gasteiger partial charge in [-0.2, -0.15) is 0 Å². The van der Waals surface area contributed by atoms with Crippen LogP contribution in [0, 0.1) is 0 Å². The maximum atomic E-state index is 13.4. The van der Waals surface area contributed by atoms with Gasteiger partial charge in [-0.05, 0) is 30.0 Å². The van der Waals surface area contributed by atoms with Crippen LogP contribution in [0.4, 0.5) is 5.69 Å². The summed E-state index contributed by atoms with van der Waals surface area (Å²) in [6, 6.07) is 16.2. The highest BCUT2D eigenvalue weighted by molar-refractivity contribution is 9.10. The van der Waals surface area contributed by atoms with Gasteiger partial charge >= 0.3 is 0 Å². The van der Waals surface area contributed by atoms with Crippen molar-refractivity contribution in [2.75, 3.05) is 17.7 Å². The Labute approximate surface area is 158 Å². The number of benzene rings is 2. The molecule has 24 heavy (non-hydrogen) atoms. The molecule has 122 valence electrons. The van der Waals surface area contributed by atoms with Gasteiger partial charge in [0.1, 0.15) is 9.12 Å². The first kappa shape index (κ1) is 16.2. The topological polar surface area (TPSA) is 32.7 Å². The predicted molar refractivity (Wildman–Crippen MR) is 107 cm³/mol. The first-order chi connectivity index (χ1) is 11.6. The van der Waals surface area contributed by atoms with Crippen molar-refractivity contribution in [1.29, 1.82) is 0 Å². The molecular formula is C18H15BrN2OS2. The van der Waals surface area contributed by atoms with E-state index < -0.39 is 4.75 Å². The second kappa shape index (κ2) is 6.24. The van der Waals surface area contributed by atoms with Gasteiger partial charge in [0, 0.05) is 15.7 Å². The number of hydrogen-bond acceptors (Lipinski definition) is 4. The Morgan fingerprint density at radius 1 is 1.29 bits per heavy atom. The highest BCUT2D eigenvalue weighted by Gasteiger charge is 2.54. The van der Waals surface area contributed by atoms with Crippen LogP contribution in [0.1, 0.15) is 11.1 Å². The third-order valence-electron chi connectivity index (χ3n) is 4.33. The van der Waals surface area contributed by atoms with Gasteiger partial charge in [-0.15, -0.1) is 11.8 Å². The lowest BCUT2D eigenvalue weighted by atomic mass is 10.00. The zero-order valence-corrected chi connectivity index (χ0v) is 16.2. The SMILES string of the molecule is CSC1=NCC2(S1)C(=O)N(Cc1ccccc1)c1ccc(Br)cc12. The van der Waals surface area contributed by atoms with Crippen LogP contribution in [0.2, 0.25) is 0 Å². The molecule has 0 N–H and O–H groups in total. The van der Waals surface area contributed by atoms with E-state index >= 15 is 0 Å². The van der Waals surface area contributed by atoms with Crippen LogP contribution >= 0.6 is 39.5 Å². The lowest BCUT2D eigenvalue weighted by Gasteiger charge is -2.22. The molecule has 2 aliphatic rings. The van der Waals surface area contributed by atoms with Crippen molar-refractivity contribution in [3.63, 3.8) is 0 Å². The number of aliphatic imine (C=N–C) groups is 1. The minimum absolute atomic E-state index is 0.136. The summed E-state index contributed by atoms with van der Waals surface area (Å²) in [6.07, 6.45) is 2.01. The first-order valence-electron chi connectivity index (χ1n) is 7.57. The molecule has 2 aromatic rings. The van der Waals surface area contributed by atoms with Gasteiger partial charge in [0.15, 0.2) is 0 Å². The van der Waals surface area contributed by atoms with Crippen molar-refractivity contribution < 1.29 is 4.79 Å². The molecule has 2 aromatic carbocycles. The van der Waals surface area contributed by atoms with Crippen LogP contribution in [0.25, 0.3) is 0 Å². The Morgan fingerprint density at radius 2 is 2.08 bits per heavy atom. The highest BCUT2D eigenvalue weighted by atomic mass is 79.9. The third-order valence-corrected chi connectivity index (χ3v) is 7.22. The fourth-order valence-electron chi connectivity index (χ4n) is 3.18. The van der Waals surface area contributed by atoms with E-state index in [1.807, 2.05) is 41.5 Å². The monoisotopic (exact) mass is 418 g/mol. The number of nitrogens with zero attached hydrogens (tertiary/aromatic N) is 2. The summed E-state index contributed by atoms with van der Waals surface area (Å²) in [5.74, 6) is 0.136. The second-order valence-electron chi connectivity index (χ2n) is 5.75. The number of hydrogen-bond donors (Lipinski definition) is 0. The molecule has 4 rings (SSSR count). The zero-order valence-electron chi connectivity index (χ0n) is 13.0. The van der Waals surface area contributed by atoms with Crippen LogP contribution in [0.15, 0.2) is 58.0 Å². The van der Waals surface area contributed by atoms with Gasteiger partial charge in [-0.3, -0.25) is 9.79 Å². The fourth-order valence-corrected chi connectivity index (χ4v) is 5.52. The third kappa shape index (κ3) is 2.52. The number of fused-ring (bicyclic) bond motifs is 2. The molecule has 1 amide bonds. The van der Waals surface area contributed by atoms with E-state index in [-0.39, 0.29) is 5.91 Å². The van der Waals surface area contributed by atoms with Crippen molar-refractivity contribution in [3.05, 3.63) is 64.1 Å². The number of thioether (sulfide) groups is 2. The molecule has 1 atom stereocenters. The molecule has 1 spiro atoms. The summed E-state index contributed by atoms with van der Waals surface area (Å²) in [5, 5.41) is 0. The van der Waals surface area contributed by atoms with Crippen molar-refractivity contribution >= 4 is 55.4 Å². The van der Waals surface area contributed by atoms with Gasteiger partial charge < -0.3 is 4.90 Å². The molecule has 0 aliphatic carbocycles. The van der Waals surface area contributed by atoms with Crippen LogP contribution in [-0.2, 0) is 16.1 Å². The van der Waals surface area contributed by atoms with Gasteiger partial charge in [0.2, 0.25) is 0 Å². The lowest BCUT2D eigenvalue weighted by molar-refractivity contribution is -0.120. The summed E-state index contributed by atoms with van der Waals surface area (Å²) < 4.78 is 1.37. The Morgan fingerprint density at radius 3 is 2.79 bits per heavy atom. The fraction of sp³-hybridized carbons (Fsp3) is 0.222. The van der Waals surface area contributed by atoms with Crippen LogP contribution < -0.4 is 4.90 Å². The predicted octanol–water partition coefficient (Wildman–Crippen LogP) is 4.66. The van der Waals surface area contributed by atoms with Crippen LogP contribution in [0.3, 0.4) is 0 Å². The zero-order chi connectivity index (χ0) is 16.7. The molecule has 2 aliphatic heterocycles. The summed E-state index contributed by atoms with van der Waals surface area (Å²) in [6.45, 7) is 1.10. The maximum absolute atomic E-state index is 13.4. The van der Waals surface area contributed by atoms with E-state index in [0.717, 1.165) is 25.7 Å². The molecule has 0 saturated carbocycles. The normalized spacial score (nSPS) is 22.2. The molecule has 0 bridgehead atoms.